The fourth-order valence-corrected chi connectivity index (χ4v) is 1.33. The second kappa shape index (κ2) is 7.85. The lowest BCUT2D eigenvalue weighted by atomic mass is 10.1. The minimum absolute atomic E-state index is 0.581. The highest BCUT2D eigenvalue weighted by molar-refractivity contribution is 5.22. The Balaban J connectivity index is 2.43. The van der Waals surface area contributed by atoms with Crippen molar-refractivity contribution in [2.75, 3.05) is 13.2 Å². The molecule has 0 atom stereocenters. The van der Waals surface area contributed by atoms with Gasteiger partial charge in [-0.3, -0.25) is 0 Å². The summed E-state index contributed by atoms with van der Waals surface area (Å²) in [5, 5.41) is 0. The molecule has 0 N–H and O–H groups in total. The van der Waals surface area contributed by atoms with Crippen LogP contribution in [0, 0.1) is 0 Å². The molecule has 0 radical (unpaired) electrons. The van der Waals surface area contributed by atoms with Crippen LogP contribution >= 0.6 is 0 Å². The van der Waals surface area contributed by atoms with E-state index >= 15 is 0 Å². The molecule has 2 heteroatoms. The zero-order valence-electron chi connectivity index (χ0n) is 9.52. The van der Waals surface area contributed by atoms with E-state index in [9.17, 15) is 0 Å². The lowest BCUT2D eigenvalue weighted by Crippen LogP contribution is -1.96. The standard InChI is InChI=1S/C14H18O2/c1-3-8-15-11-13-6-5-7-14(10-13)12-16-9-4-2/h3-7,10H,1-2,8-9,11-12H2. The SMILES string of the molecule is C=CCOCc1cccc(COCC=C)c1. The highest BCUT2D eigenvalue weighted by Gasteiger charge is 1.96. The number of benzene rings is 1. The van der Waals surface area contributed by atoms with Gasteiger partial charge in [0, 0.05) is 0 Å². The number of rotatable bonds is 8. The number of hydrogen-bond acceptors (Lipinski definition) is 2. The third kappa shape index (κ3) is 4.91. The average molecular weight is 218 g/mol. The fourth-order valence-electron chi connectivity index (χ4n) is 1.33. The highest BCUT2D eigenvalue weighted by Crippen LogP contribution is 2.08. The van der Waals surface area contributed by atoms with Crippen LogP contribution in [0.3, 0.4) is 0 Å². The van der Waals surface area contributed by atoms with Gasteiger partial charge in [-0.1, -0.05) is 36.4 Å². The lowest BCUT2D eigenvalue weighted by molar-refractivity contribution is 0.144. The van der Waals surface area contributed by atoms with E-state index in [1.54, 1.807) is 12.2 Å². The molecule has 0 aliphatic carbocycles. The zero-order valence-corrected chi connectivity index (χ0v) is 9.52. The molecule has 0 saturated carbocycles. The van der Waals surface area contributed by atoms with Crippen LogP contribution in [-0.2, 0) is 22.7 Å². The third-order valence-corrected chi connectivity index (χ3v) is 2.00. The first-order valence-corrected chi connectivity index (χ1v) is 5.32. The Labute approximate surface area is 97.2 Å². The molecular formula is C14H18O2. The maximum Gasteiger partial charge on any atom is 0.0721 e. The van der Waals surface area contributed by atoms with Crippen molar-refractivity contribution in [1.29, 1.82) is 0 Å². The van der Waals surface area contributed by atoms with Gasteiger partial charge in [0.2, 0.25) is 0 Å². The van der Waals surface area contributed by atoms with Crippen LogP contribution in [0.1, 0.15) is 11.1 Å². The summed E-state index contributed by atoms with van der Waals surface area (Å²) in [5.74, 6) is 0. The van der Waals surface area contributed by atoms with Gasteiger partial charge >= 0.3 is 0 Å². The monoisotopic (exact) mass is 218 g/mol. The molecular weight excluding hydrogens is 200 g/mol. The second-order valence-corrected chi connectivity index (χ2v) is 3.43. The van der Waals surface area contributed by atoms with E-state index in [4.69, 9.17) is 9.47 Å². The second-order valence-electron chi connectivity index (χ2n) is 3.43. The van der Waals surface area contributed by atoms with Gasteiger partial charge in [-0.15, -0.1) is 13.2 Å². The number of hydrogen-bond donors (Lipinski definition) is 0. The fraction of sp³-hybridized carbons (Fsp3) is 0.286. The van der Waals surface area contributed by atoms with Crippen molar-refractivity contribution in [3.8, 4) is 0 Å². The average Bonchev–Trinajstić information content (AvgIpc) is 2.30. The molecule has 1 rings (SSSR count). The molecule has 0 aromatic heterocycles. The minimum Gasteiger partial charge on any atom is -0.373 e. The van der Waals surface area contributed by atoms with Gasteiger partial charge in [-0.25, -0.2) is 0 Å². The molecule has 16 heavy (non-hydrogen) atoms. The van der Waals surface area contributed by atoms with E-state index in [1.807, 2.05) is 18.2 Å². The zero-order chi connectivity index (χ0) is 11.6. The van der Waals surface area contributed by atoms with Crippen molar-refractivity contribution in [2.24, 2.45) is 0 Å². The summed E-state index contributed by atoms with van der Waals surface area (Å²) in [5.41, 5.74) is 2.31. The Bertz CT molecular complexity index is 302. The molecule has 0 saturated heterocycles. The van der Waals surface area contributed by atoms with Gasteiger partial charge in [0.25, 0.3) is 0 Å². The Morgan fingerprint density at radius 2 is 1.44 bits per heavy atom. The van der Waals surface area contributed by atoms with Crippen molar-refractivity contribution in [2.45, 2.75) is 13.2 Å². The topological polar surface area (TPSA) is 18.5 Å². The molecule has 86 valence electrons. The molecule has 2 nitrogen and oxygen atoms in total. The van der Waals surface area contributed by atoms with Crippen molar-refractivity contribution in [3.63, 3.8) is 0 Å². The first-order valence-electron chi connectivity index (χ1n) is 5.32. The minimum atomic E-state index is 0.581. The van der Waals surface area contributed by atoms with Gasteiger partial charge < -0.3 is 9.47 Å². The van der Waals surface area contributed by atoms with Crippen LogP contribution in [0.25, 0.3) is 0 Å². The summed E-state index contributed by atoms with van der Waals surface area (Å²) < 4.78 is 10.7. The molecule has 0 unspecified atom stereocenters. The summed E-state index contributed by atoms with van der Waals surface area (Å²) in [6.07, 6.45) is 3.49. The Morgan fingerprint density at radius 3 is 1.88 bits per heavy atom. The summed E-state index contributed by atoms with van der Waals surface area (Å²) in [7, 11) is 0. The quantitative estimate of drug-likeness (QED) is 0.493. The van der Waals surface area contributed by atoms with Crippen molar-refractivity contribution < 1.29 is 9.47 Å². The van der Waals surface area contributed by atoms with E-state index in [1.165, 1.54) is 0 Å². The van der Waals surface area contributed by atoms with Gasteiger partial charge in [-0.2, -0.15) is 0 Å². The molecule has 0 fully saturated rings. The molecule has 1 aromatic carbocycles. The van der Waals surface area contributed by atoms with Crippen LogP contribution in [0.2, 0.25) is 0 Å². The summed E-state index contributed by atoms with van der Waals surface area (Å²) in [6.45, 7) is 9.60. The first kappa shape index (κ1) is 12.7. The van der Waals surface area contributed by atoms with Crippen molar-refractivity contribution in [3.05, 3.63) is 60.7 Å². The van der Waals surface area contributed by atoms with Crippen molar-refractivity contribution >= 4 is 0 Å². The van der Waals surface area contributed by atoms with E-state index < -0.39 is 0 Å². The van der Waals surface area contributed by atoms with Crippen LogP contribution in [-0.4, -0.2) is 13.2 Å². The molecule has 0 aliphatic heterocycles. The third-order valence-electron chi connectivity index (χ3n) is 2.00. The number of ether oxygens (including phenoxy) is 2. The molecule has 0 amide bonds. The molecule has 1 aromatic rings. The van der Waals surface area contributed by atoms with Crippen LogP contribution < -0.4 is 0 Å². The van der Waals surface area contributed by atoms with E-state index in [2.05, 4.69) is 19.2 Å². The Kier molecular flexibility index (Phi) is 6.23. The highest BCUT2D eigenvalue weighted by atomic mass is 16.5. The van der Waals surface area contributed by atoms with E-state index in [0.29, 0.717) is 26.4 Å². The van der Waals surface area contributed by atoms with Gasteiger partial charge in [0.15, 0.2) is 0 Å². The van der Waals surface area contributed by atoms with Gasteiger partial charge in [0.05, 0.1) is 26.4 Å². The maximum absolute atomic E-state index is 5.37. The van der Waals surface area contributed by atoms with Gasteiger partial charge in [-0.05, 0) is 11.1 Å². The molecule has 0 heterocycles. The maximum atomic E-state index is 5.37. The first-order chi connectivity index (χ1) is 7.86. The molecule has 0 aliphatic rings. The molecule has 0 spiro atoms. The Hall–Kier alpha value is -1.38. The lowest BCUT2D eigenvalue weighted by Gasteiger charge is -2.05. The van der Waals surface area contributed by atoms with Crippen LogP contribution in [0.4, 0.5) is 0 Å². The van der Waals surface area contributed by atoms with Crippen LogP contribution in [0.5, 0.6) is 0 Å². The summed E-state index contributed by atoms with van der Waals surface area (Å²) >= 11 is 0. The Morgan fingerprint density at radius 1 is 0.938 bits per heavy atom. The van der Waals surface area contributed by atoms with Crippen LogP contribution in [0.15, 0.2) is 49.6 Å². The largest absolute Gasteiger partial charge is 0.373 e. The predicted molar refractivity (Wildman–Crippen MR) is 66.1 cm³/mol. The van der Waals surface area contributed by atoms with E-state index in [0.717, 1.165) is 11.1 Å². The van der Waals surface area contributed by atoms with Crippen molar-refractivity contribution in [1.82, 2.24) is 0 Å². The normalized spacial score (nSPS) is 10.0. The summed E-state index contributed by atoms with van der Waals surface area (Å²) in [6, 6.07) is 8.19. The van der Waals surface area contributed by atoms with E-state index in [-0.39, 0.29) is 0 Å². The molecule has 0 bridgehead atoms. The summed E-state index contributed by atoms with van der Waals surface area (Å²) in [4.78, 5) is 0. The van der Waals surface area contributed by atoms with Gasteiger partial charge in [0.1, 0.15) is 0 Å². The smallest absolute Gasteiger partial charge is 0.0721 e. The predicted octanol–water partition coefficient (Wildman–Crippen LogP) is 3.09.